The van der Waals surface area contributed by atoms with Crippen LogP contribution in [-0.4, -0.2) is 48.0 Å². The Hall–Kier alpha value is -4.01. The van der Waals surface area contributed by atoms with Gasteiger partial charge in [0.1, 0.15) is 0 Å². The highest BCUT2D eigenvalue weighted by Crippen LogP contribution is 2.39. The smallest absolute Gasteiger partial charge is 0.416 e. The molecule has 0 N–H and O–H groups in total. The Labute approximate surface area is 217 Å². The van der Waals surface area contributed by atoms with Crippen molar-refractivity contribution in [1.82, 2.24) is 9.80 Å². The minimum atomic E-state index is -4.51. The third-order valence-electron chi connectivity index (χ3n) is 7.63. The van der Waals surface area contributed by atoms with E-state index in [4.69, 9.17) is 9.47 Å². The van der Waals surface area contributed by atoms with Crippen molar-refractivity contribution in [3.05, 3.63) is 94.5 Å². The van der Waals surface area contributed by atoms with E-state index in [0.29, 0.717) is 42.1 Å². The lowest BCUT2D eigenvalue weighted by Gasteiger charge is -2.32. The van der Waals surface area contributed by atoms with Gasteiger partial charge in [0.2, 0.25) is 12.7 Å². The van der Waals surface area contributed by atoms with Crippen molar-refractivity contribution in [2.45, 2.75) is 25.1 Å². The van der Waals surface area contributed by atoms with Crippen molar-refractivity contribution in [3.63, 3.8) is 0 Å². The van der Waals surface area contributed by atoms with E-state index >= 15 is 0 Å². The molecular formula is C29H25F3N2O4. The summed E-state index contributed by atoms with van der Waals surface area (Å²) < 4.78 is 51.3. The average Bonchev–Trinajstić information content (AvgIpc) is 3.59. The molecule has 3 aliphatic heterocycles. The molecule has 0 bridgehead atoms. The molecule has 0 aromatic heterocycles. The molecule has 38 heavy (non-hydrogen) atoms. The van der Waals surface area contributed by atoms with Crippen LogP contribution in [0.3, 0.4) is 0 Å². The summed E-state index contributed by atoms with van der Waals surface area (Å²) in [4.78, 5) is 30.7. The topological polar surface area (TPSA) is 59.1 Å². The van der Waals surface area contributed by atoms with Crippen molar-refractivity contribution in [1.29, 1.82) is 0 Å². The van der Waals surface area contributed by atoms with Gasteiger partial charge in [0.25, 0.3) is 5.91 Å². The molecule has 0 spiro atoms. The number of ether oxygens (including phenoxy) is 2. The fraction of sp³-hybridized carbons (Fsp3) is 0.310. The summed E-state index contributed by atoms with van der Waals surface area (Å²) in [6.07, 6.45) is -3.80. The Morgan fingerprint density at radius 2 is 1.63 bits per heavy atom. The van der Waals surface area contributed by atoms with Crippen molar-refractivity contribution >= 4 is 11.8 Å². The molecule has 1 fully saturated rings. The second-order valence-corrected chi connectivity index (χ2v) is 9.89. The van der Waals surface area contributed by atoms with Gasteiger partial charge >= 0.3 is 6.18 Å². The zero-order chi connectivity index (χ0) is 26.4. The quantitative estimate of drug-likeness (QED) is 0.492. The predicted octanol–water partition coefficient (Wildman–Crippen LogP) is 4.87. The Balaban J connectivity index is 1.30. The number of carbonyl (C=O) groups is 2. The normalized spacial score (nSPS) is 20.4. The fourth-order valence-electron chi connectivity index (χ4n) is 5.63. The number of amides is 2. The van der Waals surface area contributed by atoms with E-state index in [1.165, 1.54) is 11.6 Å². The molecule has 0 saturated carbocycles. The highest BCUT2D eigenvalue weighted by atomic mass is 19.4. The van der Waals surface area contributed by atoms with Crippen LogP contribution in [-0.2, 0) is 23.9 Å². The molecule has 0 aliphatic carbocycles. The number of hydrogen-bond donors (Lipinski definition) is 0. The van der Waals surface area contributed by atoms with Crippen LogP contribution in [0.2, 0.25) is 0 Å². The van der Waals surface area contributed by atoms with Gasteiger partial charge in [-0.25, -0.2) is 0 Å². The van der Waals surface area contributed by atoms with Gasteiger partial charge in [-0.3, -0.25) is 9.59 Å². The van der Waals surface area contributed by atoms with Crippen LogP contribution in [0.15, 0.2) is 66.7 Å². The summed E-state index contributed by atoms with van der Waals surface area (Å²) in [5.74, 6) is -0.684. The van der Waals surface area contributed by atoms with Crippen molar-refractivity contribution in [3.8, 4) is 11.5 Å². The number of alkyl halides is 3. The molecule has 196 valence electrons. The van der Waals surface area contributed by atoms with Crippen LogP contribution in [0.5, 0.6) is 11.5 Å². The molecular weight excluding hydrogens is 497 g/mol. The predicted molar refractivity (Wildman–Crippen MR) is 132 cm³/mol. The first-order chi connectivity index (χ1) is 18.3. The first kappa shape index (κ1) is 24.3. The summed E-state index contributed by atoms with van der Waals surface area (Å²) in [5, 5.41) is 0. The maximum Gasteiger partial charge on any atom is 0.416 e. The lowest BCUT2D eigenvalue weighted by molar-refractivity contribution is -0.137. The summed E-state index contributed by atoms with van der Waals surface area (Å²) in [5.41, 5.74) is 2.26. The zero-order valence-corrected chi connectivity index (χ0v) is 20.4. The number of rotatable bonds is 3. The lowest BCUT2D eigenvalue weighted by atomic mass is 9.86. The van der Waals surface area contributed by atoms with Crippen LogP contribution < -0.4 is 9.47 Å². The van der Waals surface area contributed by atoms with Crippen molar-refractivity contribution < 1.29 is 32.2 Å². The van der Waals surface area contributed by atoms with Gasteiger partial charge < -0.3 is 19.3 Å². The van der Waals surface area contributed by atoms with E-state index in [-0.39, 0.29) is 31.7 Å². The molecule has 2 atom stereocenters. The number of carbonyl (C=O) groups excluding carboxylic acids is 2. The molecule has 9 heteroatoms. The minimum absolute atomic E-state index is 0.0733. The minimum Gasteiger partial charge on any atom is -0.454 e. The third-order valence-corrected chi connectivity index (χ3v) is 7.63. The van der Waals surface area contributed by atoms with Crippen molar-refractivity contribution in [2.75, 3.05) is 26.4 Å². The van der Waals surface area contributed by atoms with Crippen molar-refractivity contribution in [2.24, 2.45) is 5.92 Å². The Bertz CT molecular complexity index is 1410. The standard InChI is InChI=1S/C29H25F3N2O4/c30-29(31,32)22-7-3-6-19(12-22)23-15-34(27(35)20-8-9-25-26(13-20)38-17-37-25)16-24(23)28(36)33-11-10-18-4-1-2-5-21(18)14-33/h1-9,12-13,23-24H,10-11,14-17H2/t23-,24+/m0/s1. The average molecular weight is 523 g/mol. The number of benzene rings is 3. The Morgan fingerprint density at radius 3 is 2.45 bits per heavy atom. The third kappa shape index (κ3) is 4.46. The maximum absolute atomic E-state index is 13.9. The van der Waals surface area contributed by atoms with Gasteiger partial charge in [0, 0.05) is 37.7 Å². The lowest BCUT2D eigenvalue weighted by Crippen LogP contribution is -2.42. The summed E-state index contributed by atoms with van der Waals surface area (Å²) in [7, 11) is 0. The number of hydrogen-bond acceptors (Lipinski definition) is 4. The summed E-state index contributed by atoms with van der Waals surface area (Å²) in [6, 6.07) is 17.9. The second-order valence-electron chi connectivity index (χ2n) is 9.89. The Morgan fingerprint density at radius 1 is 0.842 bits per heavy atom. The van der Waals surface area contributed by atoms with Crippen LogP contribution in [0, 0.1) is 5.92 Å². The molecule has 6 rings (SSSR count). The molecule has 3 aromatic rings. The molecule has 0 radical (unpaired) electrons. The number of fused-ring (bicyclic) bond motifs is 2. The van der Waals surface area contributed by atoms with E-state index in [1.54, 1.807) is 34.1 Å². The highest BCUT2D eigenvalue weighted by molar-refractivity contribution is 5.96. The summed E-state index contributed by atoms with van der Waals surface area (Å²) in [6.45, 7) is 1.29. The molecule has 3 heterocycles. The zero-order valence-electron chi connectivity index (χ0n) is 20.4. The van der Waals surface area contributed by atoms with E-state index in [2.05, 4.69) is 0 Å². The maximum atomic E-state index is 13.9. The van der Waals surface area contributed by atoms with E-state index in [9.17, 15) is 22.8 Å². The van der Waals surface area contributed by atoms with Crippen LogP contribution >= 0.6 is 0 Å². The monoisotopic (exact) mass is 522 g/mol. The Kier molecular flexibility index (Phi) is 6.01. The molecule has 6 nitrogen and oxygen atoms in total. The SMILES string of the molecule is O=C(c1ccc2c(c1)OCO2)N1C[C@@H](C(=O)N2CCc3ccccc3C2)[C@H](c2cccc(C(F)(F)F)c2)C1. The largest absolute Gasteiger partial charge is 0.454 e. The fourth-order valence-corrected chi connectivity index (χ4v) is 5.63. The van der Waals surface area contributed by atoms with Gasteiger partial charge in [-0.05, 0) is 47.4 Å². The van der Waals surface area contributed by atoms with Crippen LogP contribution in [0.1, 0.15) is 38.5 Å². The number of halogens is 3. The van der Waals surface area contributed by atoms with E-state index in [1.807, 2.05) is 24.3 Å². The van der Waals surface area contributed by atoms with Gasteiger partial charge in [0.05, 0.1) is 11.5 Å². The molecule has 3 aliphatic rings. The molecule has 0 unspecified atom stereocenters. The van der Waals surface area contributed by atoms with E-state index < -0.39 is 23.6 Å². The van der Waals surface area contributed by atoms with Crippen LogP contribution in [0.25, 0.3) is 0 Å². The number of nitrogens with zero attached hydrogens (tertiary/aromatic N) is 2. The van der Waals surface area contributed by atoms with E-state index in [0.717, 1.165) is 17.7 Å². The molecule has 1 saturated heterocycles. The first-order valence-electron chi connectivity index (χ1n) is 12.5. The highest BCUT2D eigenvalue weighted by Gasteiger charge is 2.43. The van der Waals surface area contributed by atoms with Crippen LogP contribution in [0.4, 0.5) is 13.2 Å². The van der Waals surface area contributed by atoms with Gasteiger partial charge in [-0.15, -0.1) is 0 Å². The molecule has 3 aromatic carbocycles. The molecule has 2 amide bonds. The van der Waals surface area contributed by atoms with Gasteiger partial charge in [-0.2, -0.15) is 13.2 Å². The second kappa shape index (κ2) is 9.38. The summed E-state index contributed by atoms with van der Waals surface area (Å²) >= 11 is 0. The number of likely N-dealkylation sites (tertiary alicyclic amines) is 1. The van der Waals surface area contributed by atoms with Gasteiger partial charge in [-0.1, -0.05) is 42.5 Å². The first-order valence-corrected chi connectivity index (χ1v) is 12.5. The van der Waals surface area contributed by atoms with Gasteiger partial charge in [0.15, 0.2) is 11.5 Å².